The van der Waals surface area contributed by atoms with Crippen molar-refractivity contribution in [2.75, 3.05) is 0 Å². The number of pyridine rings is 2. The number of hydrogen-bond acceptors (Lipinski definition) is 7. The fourth-order valence-electron chi connectivity index (χ4n) is 16.3. The van der Waals surface area contributed by atoms with Crippen molar-refractivity contribution in [1.82, 2.24) is 29.9 Å². The van der Waals surface area contributed by atoms with Crippen molar-refractivity contribution < 1.29 is 4.57 Å². The van der Waals surface area contributed by atoms with Crippen LogP contribution in [0, 0.1) is 13.1 Å². The lowest BCUT2D eigenvalue weighted by Crippen LogP contribution is -2.24. The molecule has 17 aromatic carbocycles. The normalized spacial score (nSPS) is 11.5. The Morgan fingerprint density at radius 3 is 0.833 bits per heavy atom. The van der Waals surface area contributed by atoms with Crippen molar-refractivity contribution in [2.24, 2.45) is 0 Å². The molecule has 0 bridgehead atoms. The molecule has 4 aromatic heterocycles. The van der Waals surface area contributed by atoms with Crippen LogP contribution in [-0.2, 0) is 4.57 Å². The van der Waals surface area contributed by atoms with Gasteiger partial charge in [-0.05, 0) is 84.9 Å². The molecule has 0 radical (unpaired) electrons. The molecule has 21 rings (SSSR count). The van der Waals surface area contributed by atoms with Crippen LogP contribution < -0.4 is 15.9 Å². The summed E-state index contributed by atoms with van der Waals surface area (Å²) in [5, 5.41) is 15.4. The van der Waals surface area contributed by atoms with Crippen LogP contribution in [0.15, 0.2) is 382 Å². The lowest BCUT2D eigenvalue weighted by atomic mass is 9.91. The average molecular weight is 1470 g/mol. The van der Waals surface area contributed by atoms with Gasteiger partial charge in [-0.1, -0.05) is 352 Å². The van der Waals surface area contributed by atoms with Gasteiger partial charge in [-0.3, -0.25) is 9.97 Å². The molecule has 0 saturated carbocycles. The molecule has 0 aliphatic carbocycles. The number of nitrogens with zero attached hydrogens (tertiary/aromatic N) is 8. The van der Waals surface area contributed by atoms with Gasteiger partial charge in [-0.25, -0.2) is 29.6 Å². The Balaban J connectivity index is 0.000000148. The molecule has 530 valence electrons. The predicted molar refractivity (Wildman–Crippen MR) is 473 cm³/mol. The van der Waals surface area contributed by atoms with Gasteiger partial charge in [0.25, 0.3) is 0 Å². The highest BCUT2D eigenvalue weighted by Crippen LogP contribution is 2.48. The Morgan fingerprint density at radius 2 is 0.465 bits per heavy atom. The molecule has 0 N–H and O–H groups in total. The first-order valence-corrected chi connectivity index (χ1v) is 39.5. The Hall–Kier alpha value is -15.3. The molecule has 10 heteroatoms. The van der Waals surface area contributed by atoms with E-state index in [0.717, 1.165) is 149 Å². The summed E-state index contributed by atoms with van der Waals surface area (Å²) in [5.41, 5.74) is 19.6. The number of fused-ring (bicyclic) bond motifs is 16. The van der Waals surface area contributed by atoms with Gasteiger partial charge < -0.3 is 4.57 Å². The molecular formula is C104H63N8OP. The van der Waals surface area contributed by atoms with Crippen LogP contribution in [0.25, 0.3) is 197 Å². The molecule has 0 fully saturated rings. The highest BCUT2D eigenvalue weighted by Gasteiger charge is 2.30. The lowest BCUT2D eigenvalue weighted by Gasteiger charge is -2.20. The molecule has 0 spiro atoms. The van der Waals surface area contributed by atoms with Crippen molar-refractivity contribution in [3.05, 3.63) is 405 Å². The van der Waals surface area contributed by atoms with E-state index < -0.39 is 7.14 Å². The standard InChI is InChI=1S/C52H33N4OP.C52H30N4/c1-53-46-34-44-47(52-51(46)55-49(37-16-6-2-7-17-37)50(56-52)38-18-8-3-9-19-38)43-24-14-15-25-45(43)54-48(44)39-28-26-35(27-29-39)36-30-32-42(33-31-36)58(57,40-20-10-4-11-21-40)41-22-12-5-13-23-41;1-53-46-31-44-47(52-51(46)55-49(33-14-4-2-5-15-33)50(56-52)34-16-6-3-7-17-34)42-22-12-13-23-45(42)54-48(44)35-26-24-32(25-27-35)36-28-29-41-39-20-9-8-18-37(39)38-19-10-11-21-40(38)43(41)30-36/h2-34H;2-31H. The van der Waals surface area contributed by atoms with Gasteiger partial charge in [0.05, 0.1) is 80.4 Å². The monoisotopic (exact) mass is 1470 g/mol. The minimum Gasteiger partial charge on any atom is -0.309 e. The maximum atomic E-state index is 14.9. The van der Waals surface area contributed by atoms with E-state index in [0.29, 0.717) is 33.4 Å². The second kappa shape index (κ2) is 28.6. The predicted octanol–water partition coefficient (Wildman–Crippen LogP) is 26.2. The van der Waals surface area contributed by atoms with Crippen LogP contribution in [0.5, 0.6) is 0 Å². The minimum absolute atomic E-state index is 0.421. The SMILES string of the molecule is [C-]#[N+]c1cc2c(-c3ccc(-c4ccc(P(=O)(c5ccccc5)c5ccccc5)cc4)cc3)nc3ccccc3c2c2nc(-c3ccccc3)c(-c3ccccc3)nc12.[C-]#[N+]c1cc2c(-c3ccc(-c4ccc5c6ccccc6c6ccccc6c5c4)cc3)nc3ccccc3c2c2nc(-c3ccccc3)c(-c3ccccc3)nc12. The Bertz CT molecular complexity index is 7450. The van der Waals surface area contributed by atoms with Crippen LogP contribution in [0.4, 0.5) is 11.4 Å². The summed E-state index contributed by atoms with van der Waals surface area (Å²) in [6.45, 7) is 16.7. The van der Waals surface area contributed by atoms with E-state index in [1.165, 1.54) is 32.3 Å². The first kappa shape index (κ1) is 68.1. The second-order valence-electron chi connectivity index (χ2n) is 28.3. The number of para-hydroxylation sites is 2. The van der Waals surface area contributed by atoms with Gasteiger partial charge in [0.15, 0.2) is 7.14 Å². The van der Waals surface area contributed by atoms with Gasteiger partial charge in [0.1, 0.15) is 0 Å². The third-order valence-electron chi connectivity index (χ3n) is 21.8. The van der Waals surface area contributed by atoms with E-state index in [4.69, 9.17) is 43.0 Å². The summed E-state index contributed by atoms with van der Waals surface area (Å²) in [6.07, 6.45) is 0. The molecule has 21 aromatic rings. The molecule has 0 saturated heterocycles. The Kier molecular flexibility index (Phi) is 17.1. The molecule has 0 aliphatic heterocycles. The first-order valence-electron chi connectivity index (χ1n) is 37.8. The molecule has 0 aliphatic rings. The van der Waals surface area contributed by atoms with E-state index in [9.17, 15) is 4.57 Å². The molecule has 0 unspecified atom stereocenters. The molecule has 4 heterocycles. The van der Waals surface area contributed by atoms with Crippen molar-refractivity contribution >= 4 is 132 Å². The van der Waals surface area contributed by atoms with E-state index in [1.54, 1.807) is 0 Å². The van der Waals surface area contributed by atoms with Gasteiger partial charge in [-0.2, -0.15) is 0 Å². The number of rotatable bonds is 11. The van der Waals surface area contributed by atoms with Crippen LogP contribution in [0.3, 0.4) is 0 Å². The largest absolute Gasteiger partial charge is 0.309 e. The van der Waals surface area contributed by atoms with Crippen LogP contribution in [-0.4, -0.2) is 29.9 Å². The van der Waals surface area contributed by atoms with Crippen molar-refractivity contribution in [3.63, 3.8) is 0 Å². The van der Waals surface area contributed by atoms with Crippen molar-refractivity contribution in [2.45, 2.75) is 0 Å². The van der Waals surface area contributed by atoms with Crippen molar-refractivity contribution in [1.29, 1.82) is 0 Å². The van der Waals surface area contributed by atoms with Gasteiger partial charge in [-0.15, -0.1) is 0 Å². The van der Waals surface area contributed by atoms with Crippen LogP contribution in [0.1, 0.15) is 0 Å². The topological polar surface area (TPSA) is 103 Å². The highest BCUT2D eigenvalue weighted by atomic mass is 31.2. The average Bonchev–Trinajstić information content (AvgIpc) is 0.727. The maximum absolute atomic E-state index is 14.9. The molecule has 114 heavy (non-hydrogen) atoms. The van der Waals surface area contributed by atoms with Crippen LogP contribution >= 0.6 is 7.14 Å². The molecule has 9 nitrogen and oxygen atoms in total. The maximum Gasteiger partial charge on any atom is 0.215 e. The van der Waals surface area contributed by atoms with Gasteiger partial charge in [0.2, 0.25) is 11.4 Å². The zero-order valence-electron chi connectivity index (χ0n) is 61.3. The fourth-order valence-corrected chi connectivity index (χ4v) is 19.0. The summed E-state index contributed by atoms with van der Waals surface area (Å²) >= 11 is 0. The second-order valence-corrected chi connectivity index (χ2v) is 31.1. The molecule has 0 atom stereocenters. The summed E-state index contributed by atoms with van der Waals surface area (Å²) in [5.74, 6) is 0. The van der Waals surface area contributed by atoms with E-state index in [2.05, 4.69) is 161 Å². The summed E-state index contributed by atoms with van der Waals surface area (Å²) in [4.78, 5) is 39.9. The summed E-state index contributed by atoms with van der Waals surface area (Å²) in [7, 11) is -3.08. The van der Waals surface area contributed by atoms with Gasteiger partial charge >= 0.3 is 0 Å². The zero-order valence-corrected chi connectivity index (χ0v) is 62.2. The Morgan fingerprint density at radius 1 is 0.202 bits per heavy atom. The van der Waals surface area contributed by atoms with Crippen molar-refractivity contribution in [3.8, 4) is 89.8 Å². The molecule has 0 amide bonds. The first-order chi connectivity index (χ1) is 56.3. The minimum atomic E-state index is -3.08. The number of hydrogen-bond donors (Lipinski definition) is 0. The third kappa shape index (κ3) is 11.8. The Labute approximate surface area is 657 Å². The summed E-state index contributed by atoms with van der Waals surface area (Å²) in [6, 6.07) is 129. The van der Waals surface area contributed by atoms with E-state index in [-0.39, 0.29) is 0 Å². The smallest absolute Gasteiger partial charge is 0.215 e. The number of aromatic nitrogens is 6. The third-order valence-corrected chi connectivity index (χ3v) is 24.9. The van der Waals surface area contributed by atoms with E-state index in [1.807, 2.05) is 231 Å². The number of benzene rings is 17. The van der Waals surface area contributed by atoms with Gasteiger partial charge in [0, 0.05) is 81.6 Å². The van der Waals surface area contributed by atoms with E-state index >= 15 is 0 Å². The van der Waals surface area contributed by atoms with Crippen LogP contribution in [0.2, 0.25) is 0 Å². The zero-order chi connectivity index (χ0) is 76.2. The lowest BCUT2D eigenvalue weighted by molar-refractivity contribution is 0.592. The summed E-state index contributed by atoms with van der Waals surface area (Å²) < 4.78 is 14.9. The molecular weight excluding hydrogens is 1410 g/mol. The quantitative estimate of drug-likeness (QED) is 0.0722. The fraction of sp³-hybridized carbons (Fsp3) is 0. The highest BCUT2D eigenvalue weighted by molar-refractivity contribution is 7.85.